The lowest BCUT2D eigenvalue weighted by Crippen LogP contribution is -2.27. The van der Waals surface area contributed by atoms with Gasteiger partial charge < -0.3 is 4.90 Å². The zero-order valence-corrected chi connectivity index (χ0v) is 12.4. The van der Waals surface area contributed by atoms with Gasteiger partial charge in [-0.05, 0) is 25.0 Å². The predicted molar refractivity (Wildman–Crippen MR) is 82.6 cm³/mol. The van der Waals surface area contributed by atoms with Gasteiger partial charge in [-0.1, -0.05) is 32.8 Å². The van der Waals surface area contributed by atoms with Crippen LogP contribution in [0.15, 0.2) is 24.4 Å². The molecule has 0 fully saturated rings. The molecule has 0 aliphatic rings. The van der Waals surface area contributed by atoms with E-state index in [0.29, 0.717) is 5.69 Å². The first kappa shape index (κ1) is 14.6. The summed E-state index contributed by atoms with van der Waals surface area (Å²) in [7, 11) is 0. The Morgan fingerprint density at radius 3 is 2.50 bits per heavy atom. The maximum Gasteiger partial charge on any atom is 0.170 e. The van der Waals surface area contributed by atoms with E-state index in [4.69, 9.17) is 0 Å². The zero-order valence-electron chi connectivity index (χ0n) is 12.4. The van der Waals surface area contributed by atoms with E-state index >= 15 is 0 Å². The first-order chi connectivity index (χ1) is 9.81. The van der Waals surface area contributed by atoms with Crippen molar-refractivity contribution in [2.75, 3.05) is 18.0 Å². The van der Waals surface area contributed by atoms with Gasteiger partial charge in [0.05, 0.1) is 0 Å². The number of aldehydes is 1. The van der Waals surface area contributed by atoms with E-state index in [2.05, 4.69) is 23.7 Å². The van der Waals surface area contributed by atoms with Crippen LogP contribution in [0.4, 0.5) is 5.82 Å². The molecular weight excluding hydrogens is 250 g/mol. The summed E-state index contributed by atoms with van der Waals surface area (Å²) >= 11 is 0. The lowest BCUT2D eigenvalue weighted by molar-refractivity contribution is 0.111. The molecule has 0 bridgehead atoms. The van der Waals surface area contributed by atoms with Gasteiger partial charge in [-0.25, -0.2) is 4.98 Å². The van der Waals surface area contributed by atoms with Crippen LogP contribution >= 0.6 is 0 Å². The minimum atomic E-state index is 0.660. The Morgan fingerprint density at radius 2 is 1.90 bits per heavy atom. The van der Waals surface area contributed by atoms with E-state index in [1.165, 1.54) is 0 Å². The van der Waals surface area contributed by atoms with Gasteiger partial charge in [0.1, 0.15) is 11.3 Å². The van der Waals surface area contributed by atoms with Gasteiger partial charge in [0.15, 0.2) is 12.1 Å². The van der Waals surface area contributed by atoms with Crippen LogP contribution in [-0.4, -0.2) is 28.8 Å². The Labute approximate surface area is 120 Å². The summed E-state index contributed by atoms with van der Waals surface area (Å²) in [6.07, 6.45) is 7.35. The van der Waals surface area contributed by atoms with Gasteiger partial charge in [-0.2, -0.15) is 0 Å². The number of nitrogens with zero attached hydrogens (tertiary/aromatic N) is 3. The average Bonchev–Trinajstić information content (AvgIpc) is 2.85. The second-order valence-corrected chi connectivity index (χ2v) is 5.06. The summed E-state index contributed by atoms with van der Waals surface area (Å²) in [4.78, 5) is 18.4. The molecule has 0 radical (unpaired) electrons. The predicted octanol–water partition coefficient (Wildman–Crippen LogP) is 3.55. The maximum absolute atomic E-state index is 11.5. The smallest absolute Gasteiger partial charge is 0.170 e. The van der Waals surface area contributed by atoms with E-state index in [0.717, 1.165) is 56.5 Å². The van der Waals surface area contributed by atoms with Gasteiger partial charge in [0.25, 0.3) is 0 Å². The molecule has 20 heavy (non-hydrogen) atoms. The second-order valence-electron chi connectivity index (χ2n) is 5.06. The van der Waals surface area contributed by atoms with Crippen LogP contribution in [0.3, 0.4) is 0 Å². The summed E-state index contributed by atoms with van der Waals surface area (Å²) < 4.78 is 1.87. The number of hydrogen-bond donors (Lipinski definition) is 0. The van der Waals surface area contributed by atoms with Crippen molar-refractivity contribution in [3.8, 4) is 0 Å². The zero-order chi connectivity index (χ0) is 14.4. The highest BCUT2D eigenvalue weighted by molar-refractivity contribution is 5.83. The van der Waals surface area contributed by atoms with Crippen molar-refractivity contribution in [3.05, 3.63) is 30.1 Å². The van der Waals surface area contributed by atoms with Crippen molar-refractivity contribution in [2.24, 2.45) is 0 Å². The Balaban J connectivity index is 2.37. The molecular formula is C16H23N3O. The van der Waals surface area contributed by atoms with Crippen molar-refractivity contribution >= 4 is 17.8 Å². The number of rotatable bonds is 8. The molecule has 2 aromatic heterocycles. The lowest BCUT2D eigenvalue weighted by Gasteiger charge is -2.22. The summed E-state index contributed by atoms with van der Waals surface area (Å²) in [6, 6.07) is 5.81. The maximum atomic E-state index is 11.5. The first-order valence-corrected chi connectivity index (χ1v) is 7.49. The van der Waals surface area contributed by atoms with Crippen molar-refractivity contribution in [3.63, 3.8) is 0 Å². The van der Waals surface area contributed by atoms with Crippen LogP contribution in [-0.2, 0) is 0 Å². The molecule has 0 saturated carbocycles. The molecule has 0 aliphatic heterocycles. The topological polar surface area (TPSA) is 37.6 Å². The number of carbonyl (C=O) groups excluding carboxylic acids is 1. The third-order valence-corrected chi connectivity index (χ3v) is 3.52. The first-order valence-electron chi connectivity index (χ1n) is 7.49. The highest BCUT2D eigenvalue weighted by Gasteiger charge is 2.17. The van der Waals surface area contributed by atoms with Crippen LogP contribution in [0.5, 0.6) is 0 Å². The standard InChI is InChI=1S/C16H23N3O/c1-3-5-10-18(11-6-4-2)16-14(13-20)19-12-8-7-9-15(19)17-16/h7-9,12-13H,3-6,10-11H2,1-2H3. The van der Waals surface area contributed by atoms with Crippen LogP contribution in [0, 0.1) is 0 Å². The van der Waals surface area contributed by atoms with Crippen LogP contribution in [0.25, 0.3) is 5.65 Å². The van der Waals surface area contributed by atoms with Crippen molar-refractivity contribution in [1.82, 2.24) is 9.38 Å². The summed E-state index contributed by atoms with van der Waals surface area (Å²) in [5.41, 5.74) is 1.50. The highest BCUT2D eigenvalue weighted by Crippen LogP contribution is 2.21. The highest BCUT2D eigenvalue weighted by atomic mass is 16.1. The number of pyridine rings is 1. The van der Waals surface area contributed by atoms with Crippen molar-refractivity contribution in [1.29, 1.82) is 0 Å². The Kier molecular flexibility index (Phi) is 5.16. The largest absolute Gasteiger partial charge is 0.355 e. The van der Waals surface area contributed by atoms with Crippen LogP contribution < -0.4 is 4.90 Å². The van der Waals surface area contributed by atoms with Gasteiger partial charge in [-0.3, -0.25) is 9.20 Å². The molecule has 0 atom stereocenters. The lowest BCUT2D eigenvalue weighted by atomic mass is 10.2. The molecule has 0 spiro atoms. The van der Waals surface area contributed by atoms with Gasteiger partial charge in [0, 0.05) is 19.3 Å². The fourth-order valence-electron chi connectivity index (χ4n) is 2.37. The van der Waals surface area contributed by atoms with Crippen LogP contribution in [0.1, 0.15) is 50.0 Å². The molecule has 2 aromatic rings. The van der Waals surface area contributed by atoms with E-state index in [1.807, 2.05) is 28.8 Å². The Hall–Kier alpha value is -1.84. The van der Waals surface area contributed by atoms with E-state index < -0.39 is 0 Å². The fraction of sp³-hybridized carbons (Fsp3) is 0.500. The number of anilines is 1. The molecule has 0 N–H and O–H groups in total. The fourth-order valence-corrected chi connectivity index (χ4v) is 2.37. The van der Waals surface area contributed by atoms with Gasteiger partial charge in [0.2, 0.25) is 0 Å². The average molecular weight is 273 g/mol. The van der Waals surface area contributed by atoms with Crippen molar-refractivity contribution in [2.45, 2.75) is 39.5 Å². The molecule has 2 rings (SSSR count). The normalized spacial score (nSPS) is 10.9. The van der Waals surface area contributed by atoms with E-state index in [1.54, 1.807) is 0 Å². The summed E-state index contributed by atoms with van der Waals surface area (Å²) in [6.45, 7) is 6.28. The molecule has 0 aromatic carbocycles. The van der Waals surface area contributed by atoms with Gasteiger partial charge >= 0.3 is 0 Å². The SMILES string of the molecule is CCCCN(CCCC)c1nc2ccccn2c1C=O. The molecule has 108 valence electrons. The number of fused-ring (bicyclic) bond motifs is 1. The Bertz CT molecular complexity index is 554. The monoisotopic (exact) mass is 273 g/mol. The van der Waals surface area contributed by atoms with Crippen LogP contribution in [0.2, 0.25) is 0 Å². The molecule has 2 heterocycles. The molecule has 0 unspecified atom stereocenters. The minimum Gasteiger partial charge on any atom is -0.355 e. The summed E-state index contributed by atoms with van der Waals surface area (Å²) in [5.74, 6) is 0.827. The number of carbonyl (C=O) groups is 1. The summed E-state index contributed by atoms with van der Waals surface area (Å²) in [5, 5.41) is 0. The molecule has 0 amide bonds. The quantitative estimate of drug-likeness (QED) is 0.690. The van der Waals surface area contributed by atoms with E-state index in [9.17, 15) is 4.79 Å². The van der Waals surface area contributed by atoms with Crippen molar-refractivity contribution < 1.29 is 4.79 Å². The molecule has 0 saturated heterocycles. The van der Waals surface area contributed by atoms with Gasteiger partial charge in [-0.15, -0.1) is 0 Å². The third-order valence-electron chi connectivity index (χ3n) is 3.52. The Morgan fingerprint density at radius 1 is 1.20 bits per heavy atom. The second kappa shape index (κ2) is 7.08. The molecule has 0 aliphatic carbocycles. The number of aromatic nitrogens is 2. The minimum absolute atomic E-state index is 0.660. The number of unbranched alkanes of at least 4 members (excludes halogenated alkanes) is 2. The third kappa shape index (κ3) is 3.00. The molecule has 4 nitrogen and oxygen atoms in total. The molecule has 4 heteroatoms. The number of hydrogen-bond acceptors (Lipinski definition) is 3. The van der Waals surface area contributed by atoms with E-state index in [-0.39, 0.29) is 0 Å². The number of imidazole rings is 1.